The highest BCUT2D eigenvalue weighted by molar-refractivity contribution is 7.90. The summed E-state index contributed by atoms with van der Waals surface area (Å²) in [5.41, 5.74) is 1.65. The molecule has 2 aromatic rings. The zero-order valence-corrected chi connectivity index (χ0v) is 19.7. The van der Waals surface area contributed by atoms with Gasteiger partial charge in [-0.2, -0.15) is 0 Å². The van der Waals surface area contributed by atoms with Gasteiger partial charge in [0.15, 0.2) is 6.10 Å². The molecule has 0 saturated carbocycles. The fourth-order valence-electron chi connectivity index (χ4n) is 3.51. The lowest BCUT2D eigenvalue weighted by molar-refractivity contribution is -0.147. The van der Waals surface area contributed by atoms with Gasteiger partial charge in [0, 0.05) is 11.3 Å². The van der Waals surface area contributed by atoms with Gasteiger partial charge in [-0.3, -0.25) is 14.5 Å². The van der Waals surface area contributed by atoms with E-state index in [-0.39, 0.29) is 28.6 Å². The van der Waals surface area contributed by atoms with Crippen LogP contribution in [0.15, 0.2) is 34.2 Å². The number of fused-ring (bicyclic) bond motifs is 1. The largest absolute Gasteiger partial charge is 0.462 e. The van der Waals surface area contributed by atoms with Crippen LogP contribution < -0.4 is 4.72 Å². The van der Waals surface area contributed by atoms with Crippen molar-refractivity contribution in [2.45, 2.75) is 51.7 Å². The average Bonchev–Trinajstić information content (AvgIpc) is 3.19. The number of ketones is 1. The molecule has 0 fully saturated rings. The normalized spacial score (nSPS) is 17.1. The smallest absolute Gasteiger partial charge is 0.340 e. The van der Waals surface area contributed by atoms with Gasteiger partial charge >= 0.3 is 11.9 Å². The Kier molecular flexibility index (Phi) is 6.73. The van der Waals surface area contributed by atoms with Crippen molar-refractivity contribution in [3.63, 3.8) is 0 Å². The lowest BCUT2D eigenvalue weighted by Gasteiger charge is -2.14. The third-order valence-corrected chi connectivity index (χ3v) is 6.55. The summed E-state index contributed by atoms with van der Waals surface area (Å²) in [6.07, 6.45) is -1.17. The number of aliphatic imine (C=N–C) groups is 1. The molecule has 0 unspecified atom stereocenters. The number of benzene rings is 1. The molecule has 0 bridgehead atoms. The Labute approximate surface area is 191 Å². The van der Waals surface area contributed by atoms with E-state index < -0.39 is 39.9 Å². The number of ether oxygens (including phenoxy) is 2. The van der Waals surface area contributed by atoms with Crippen LogP contribution in [-0.2, 0) is 24.3 Å². The maximum Gasteiger partial charge on any atom is 0.340 e. The van der Waals surface area contributed by atoms with Crippen LogP contribution in [-0.4, -0.2) is 55.7 Å². The first-order valence-corrected chi connectivity index (χ1v) is 11.8. The number of nitrogens with one attached hydrogen (secondary N) is 2. The highest BCUT2D eigenvalue weighted by Gasteiger charge is 2.32. The number of esters is 2. The summed E-state index contributed by atoms with van der Waals surface area (Å²) in [5.74, 6) is -1.84. The van der Waals surface area contributed by atoms with E-state index in [2.05, 4.69) is 14.7 Å². The second-order valence-electron chi connectivity index (χ2n) is 7.54. The van der Waals surface area contributed by atoms with E-state index in [1.165, 1.54) is 19.9 Å². The van der Waals surface area contributed by atoms with Gasteiger partial charge in [-0.05, 0) is 52.3 Å². The number of sulfonamides is 1. The minimum absolute atomic E-state index is 0.0314. The second kappa shape index (κ2) is 9.18. The van der Waals surface area contributed by atoms with E-state index in [1.54, 1.807) is 39.0 Å². The molecule has 1 aliphatic rings. The lowest BCUT2D eigenvalue weighted by Crippen LogP contribution is -2.31. The van der Waals surface area contributed by atoms with E-state index in [1.807, 2.05) is 0 Å². The summed E-state index contributed by atoms with van der Waals surface area (Å²) in [5, 5.41) is 0. The minimum atomic E-state index is -3.75. The number of aromatic nitrogens is 1. The number of hydrogen-bond acceptors (Lipinski definition) is 8. The van der Waals surface area contributed by atoms with Crippen molar-refractivity contribution >= 4 is 33.6 Å². The molecule has 1 aromatic carbocycles. The van der Waals surface area contributed by atoms with Gasteiger partial charge in [-0.1, -0.05) is 12.1 Å². The topological polar surface area (TPSA) is 144 Å². The summed E-state index contributed by atoms with van der Waals surface area (Å²) in [6, 6.07) is 5.18. The van der Waals surface area contributed by atoms with Crippen LogP contribution in [0.5, 0.6) is 0 Å². The van der Waals surface area contributed by atoms with Crippen LogP contribution in [0.3, 0.4) is 0 Å². The molecule has 3 rings (SSSR count). The number of aryl methyl sites for hydroxylation is 1. The summed E-state index contributed by atoms with van der Waals surface area (Å²) in [6.45, 7) is 7.97. The predicted octanol–water partition coefficient (Wildman–Crippen LogP) is 2.05. The Bertz CT molecular complexity index is 1260. The number of aromatic amines is 1. The molecule has 2 atom stereocenters. The number of nitrogens with zero attached hydrogens (tertiary/aromatic N) is 1. The van der Waals surface area contributed by atoms with Gasteiger partial charge in [0.1, 0.15) is 11.9 Å². The standard InChI is InChI=1S/C22H25N3O7S/c1-6-31-22(28)17-11(2)18(23-12(17)3)19(26)14(5)32-21(27)13(4)24-20-15-9-7-8-10-16(15)33(29,30)25-20/h7-10,13-14,23H,6H2,1-5H3,(H,24,25)/t13-,14-/m0/s1. The average molecular weight is 476 g/mol. The minimum Gasteiger partial charge on any atom is -0.462 e. The number of carbonyl (C=O) groups is 3. The molecule has 176 valence electrons. The molecule has 0 saturated heterocycles. The SMILES string of the molecule is CCOC(=O)c1c(C)[nH]c(C(=O)[C@H](C)OC(=O)[C@H](C)N=C2NS(=O)(=O)c3ccccc32)c1C. The molecule has 1 aliphatic heterocycles. The highest BCUT2D eigenvalue weighted by atomic mass is 32.2. The van der Waals surface area contributed by atoms with Crippen molar-refractivity contribution in [2.24, 2.45) is 4.99 Å². The first kappa shape index (κ1) is 24.2. The Morgan fingerprint density at radius 2 is 1.79 bits per heavy atom. The fourth-order valence-corrected chi connectivity index (χ4v) is 4.75. The number of rotatable bonds is 7. The quantitative estimate of drug-likeness (QED) is 0.461. The van der Waals surface area contributed by atoms with Gasteiger partial charge in [0.2, 0.25) is 5.78 Å². The Balaban J connectivity index is 1.75. The summed E-state index contributed by atoms with van der Waals surface area (Å²) in [4.78, 5) is 44.7. The fraction of sp³-hybridized carbons (Fsp3) is 0.364. The molecule has 1 aromatic heterocycles. The van der Waals surface area contributed by atoms with Gasteiger partial charge < -0.3 is 14.5 Å². The van der Waals surface area contributed by atoms with E-state index in [0.29, 0.717) is 16.8 Å². The number of carbonyl (C=O) groups excluding carboxylic acids is 3. The molecule has 0 amide bonds. The zero-order chi connectivity index (χ0) is 24.5. The Morgan fingerprint density at radius 3 is 2.45 bits per heavy atom. The van der Waals surface area contributed by atoms with E-state index >= 15 is 0 Å². The second-order valence-corrected chi connectivity index (χ2v) is 9.19. The molecule has 2 heterocycles. The molecule has 10 nitrogen and oxygen atoms in total. The van der Waals surface area contributed by atoms with E-state index in [9.17, 15) is 22.8 Å². The predicted molar refractivity (Wildman–Crippen MR) is 119 cm³/mol. The maximum atomic E-state index is 12.9. The molecule has 2 N–H and O–H groups in total. The summed E-state index contributed by atoms with van der Waals surface area (Å²) >= 11 is 0. The van der Waals surface area contributed by atoms with Crippen molar-refractivity contribution in [2.75, 3.05) is 6.61 Å². The molecular weight excluding hydrogens is 450 g/mol. The van der Waals surface area contributed by atoms with Crippen LogP contribution in [0.1, 0.15) is 58.4 Å². The van der Waals surface area contributed by atoms with E-state index in [0.717, 1.165) is 0 Å². The first-order valence-electron chi connectivity index (χ1n) is 10.3. The van der Waals surface area contributed by atoms with Gasteiger partial charge in [-0.15, -0.1) is 0 Å². The number of H-pyrrole nitrogens is 1. The van der Waals surface area contributed by atoms with Crippen LogP contribution in [0.2, 0.25) is 0 Å². The zero-order valence-electron chi connectivity index (χ0n) is 18.9. The Morgan fingerprint density at radius 1 is 1.12 bits per heavy atom. The van der Waals surface area contributed by atoms with Crippen LogP contribution >= 0.6 is 0 Å². The van der Waals surface area contributed by atoms with Gasteiger partial charge in [-0.25, -0.2) is 18.0 Å². The molecule has 0 radical (unpaired) electrons. The number of hydrogen-bond donors (Lipinski definition) is 2. The monoisotopic (exact) mass is 475 g/mol. The highest BCUT2D eigenvalue weighted by Crippen LogP contribution is 2.23. The molecule has 0 spiro atoms. The van der Waals surface area contributed by atoms with Crippen molar-refractivity contribution in [1.29, 1.82) is 0 Å². The van der Waals surface area contributed by atoms with Crippen LogP contribution in [0.4, 0.5) is 0 Å². The molecular formula is C22H25N3O7S. The number of amidine groups is 1. The van der Waals surface area contributed by atoms with Gasteiger partial charge in [0.05, 0.1) is 22.8 Å². The lowest BCUT2D eigenvalue weighted by atomic mass is 10.1. The van der Waals surface area contributed by atoms with Gasteiger partial charge in [0.25, 0.3) is 10.0 Å². The van der Waals surface area contributed by atoms with Crippen molar-refractivity contribution < 1.29 is 32.3 Å². The van der Waals surface area contributed by atoms with Crippen molar-refractivity contribution in [3.05, 3.63) is 52.3 Å². The van der Waals surface area contributed by atoms with Crippen LogP contribution in [0, 0.1) is 13.8 Å². The summed E-state index contributed by atoms with van der Waals surface area (Å²) in [7, 11) is -3.75. The molecule has 0 aliphatic carbocycles. The molecule has 33 heavy (non-hydrogen) atoms. The maximum absolute atomic E-state index is 12.9. The molecule has 11 heteroatoms. The first-order chi connectivity index (χ1) is 15.5. The third-order valence-electron chi connectivity index (χ3n) is 5.15. The Hall–Kier alpha value is -3.47. The van der Waals surface area contributed by atoms with Crippen molar-refractivity contribution in [3.8, 4) is 0 Å². The van der Waals surface area contributed by atoms with Crippen molar-refractivity contribution in [1.82, 2.24) is 9.71 Å². The number of Topliss-reactive ketones (excluding diaryl/α,β-unsaturated/α-hetero) is 1. The summed E-state index contributed by atoms with van der Waals surface area (Å²) < 4.78 is 37.0. The third kappa shape index (κ3) is 4.68. The van der Waals surface area contributed by atoms with Crippen LogP contribution in [0.25, 0.3) is 0 Å². The van der Waals surface area contributed by atoms with E-state index in [4.69, 9.17) is 9.47 Å².